The van der Waals surface area contributed by atoms with Crippen molar-refractivity contribution >= 4 is 28.9 Å². The number of rotatable bonds is 7. The number of nitrogens with one attached hydrogen (secondary N) is 2. The molecule has 1 atom stereocenters. The van der Waals surface area contributed by atoms with Crippen LogP contribution in [0.5, 0.6) is 0 Å². The molecule has 4 aromatic rings. The van der Waals surface area contributed by atoms with Crippen LogP contribution in [0.2, 0.25) is 0 Å². The van der Waals surface area contributed by atoms with Gasteiger partial charge in [-0.25, -0.2) is 14.4 Å². The molecule has 2 aromatic heterocycles. The number of furan rings is 1. The number of fused-ring (bicyclic) bond motifs is 1. The Hall–Kier alpha value is -4.86. The van der Waals surface area contributed by atoms with Gasteiger partial charge in [-0.1, -0.05) is 35.5 Å². The molecule has 1 aliphatic rings. The summed E-state index contributed by atoms with van der Waals surface area (Å²) in [6, 6.07) is 16.0. The average molecular weight is 487 g/mol. The van der Waals surface area contributed by atoms with Gasteiger partial charge in [0.1, 0.15) is 23.9 Å². The largest absolute Gasteiger partial charge is 0.467 e. The molecule has 182 valence electrons. The second kappa shape index (κ2) is 9.79. The van der Waals surface area contributed by atoms with Crippen molar-refractivity contribution in [3.8, 4) is 11.3 Å². The molecule has 0 saturated carbocycles. The van der Waals surface area contributed by atoms with Crippen LogP contribution in [0.1, 0.15) is 29.1 Å². The molecule has 0 fully saturated rings. The number of hydrogen-bond acceptors (Lipinski definition) is 8. The first-order chi connectivity index (χ1) is 17.5. The third-order valence-corrected chi connectivity index (χ3v) is 5.57. The van der Waals surface area contributed by atoms with Gasteiger partial charge in [-0.2, -0.15) is 0 Å². The Morgan fingerprint density at radius 2 is 1.86 bits per heavy atom. The van der Waals surface area contributed by atoms with Crippen LogP contribution in [0.25, 0.3) is 22.2 Å². The summed E-state index contributed by atoms with van der Waals surface area (Å²) in [6.45, 7) is 1.42. The van der Waals surface area contributed by atoms with E-state index >= 15 is 0 Å². The first kappa shape index (κ1) is 22.9. The average Bonchev–Trinajstić information content (AvgIpc) is 3.57. The molecule has 0 bridgehead atoms. The summed E-state index contributed by atoms with van der Waals surface area (Å²) in [6.07, 6.45) is 1.43. The van der Waals surface area contributed by atoms with E-state index in [1.165, 1.54) is 6.26 Å². The summed E-state index contributed by atoms with van der Waals surface area (Å²) in [5, 5.41) is 9.88. The number of hydrogen-bond donors (Lipinski definition) is 2. The molecule has 36 heavy (non-hydrogen) atoms. The van der Waals surface area contributed by atoms with Gasteiger partial charge in [0.15, 0.2) is 5.76 Å². The zero-order valence-corrected chi connectivity index (χ0v) is 19.1. The monoisotopic (exact) mass is 487 g/mol. The maximum absolute atomic E-state index is 12.9. The second-order valence-electron chi connectivity index (χ2n) is 7.85. The van der Waals surface area contributed by atoms with E-state index in [4.69, 9.17) is 18.4 Å². The predicted octanol–water partition coefficient (Wildman–Crippen LogP) is 4.12. The summed E-state index contributed by atoms with van der Waals surface area (Å²) >= 11 is 0. The molecule has 5 rings (SSSR count). The molecule has 0 radical (unpaired) electrons. The number of nitrogens with zero attached hydrogens (tertiary/aromatic N) is 1. The first-order valence-corrected chi connectivity index (χ1v) is 11.2. The predicted molar refractivity (Wildman–Crippen MR) is 127 cm³/mol. The highest BCUT2D eigenvalue weighted by atomic mass is 16.5. The molecule has 1 aliphatic heterocycles. The Morgan fingerprint density at radius 1 is 1.03 bits per heavy atom. The third kappa shape index (κ3) is 4.43. The van der Waals surface area contributed by atoms with E-state index in [9.17, 15) is 14.4 Å². The van der Waals surface area contributed by atoms with Crippen LogP contribution in [-0.2, 0) is 14.3 Å². The fourth-order valence-electron chi connectivity index (χ4n) is 3.94. The summed E-state index contributed by atoms with van der Waals surface area (Å²) in [7, 11) is 0. The highest BCUT2D eigenvalue weighted by Crippen LogP contribution is 2.30. The highest BCUT2D eigenvalue weighted by molar-refractivity contribution is 5.99. The molecule has 1 unspecified atom stereocenters. The zero-order valence-electron chi connectivity index (χ0n) is 19.1. The molecule has 2 aromatic carbocycles. The van der Waals surface area contributed by atoms with Crippen molar-refractivity contribution < 1.29 is 32.8 Å². The molecule has 0 saturated heterocycles. The molecule has 0 aliphatic carbocycles. The lowest BCUT2D eigenvalue weighted by Crippen LogP contribution is -2.47. The Morgan fingerprint density at radius 3 is 2.61 bits per heavy atom. The Bertz CT molecular complexity index is 1460. The van der Waals surface area contributed by atoms with Crippen molar-refractivity contribution in [2.24, 2.45) is 0 Å². The van der Waals surface area contributed by atoms with Crippen LogP contribution >= 0.6 is 0 Å². The lowest BCUT2D eigenvalue weighted by atomic mass is 10.0. The molecule has 10 heteroatoms. The lowest BCUT2D eigenvalue weighted by molar-refractivity contribution is -0.139. The van der Waals surface area contributed by atoms with Crippen molar-refractivity contribution in [2.75, 3.05) is 13.2 Å². The summed E-state index contributed by atoms with van der Waals surface area (Å²) in [5.74, 6) is -0.464. The number of carbonyl (C=O) groups is 3. The van der Waals surface area contributed by atoms with Crippen molar-refractivity contribution in [2.45, 2.75) is 13.0 Å². The minimum absolute atomic E-state index is 0.0834. The summed E-state index contributed by atoms with van der Waals surface area (Å²) in [4.78, 5) is 38.0. The van der Waals surface area contributed by atoms with Gasteiger partial charge in [-0.05, 0) is 37.3 Å². The number of esters is 2. The number of ether oxygens (including phenoxy) is 2. The van der Waals surface area contributed by atoms with Gasteiger partial charge in [-0.3, -0.25) is 0 Å². The van der Waals surface area contributed by atoms with Gasteiger partial charge >= 0.3 is 18.0 Å². The van der Waals surface area contributed by atoms with E-state index in [0.29, 0.717) is 22.4 Å². The Labute approximate surface area is 204 Å². The van der Waals surface area contributed by atoms with E-state index < -0.39 is 24.0 Å². The second-order valence-corrected chi connectivity index (χ2v) is 7.85. The van der Waals surface area contributed by atoms with E-state index in [1.807, 2.05) is 30.3 Å². The van der Waals surface area contributed by atoms with Gasteiger partial charge in [0.2, 0.25) is 0 Å². The van der Waals surface area contributed by atoms with Crippen LogP contribution in [0.3, 0.4) is 0 Å². The van der Waals surface area contributed by atoms with Crippen LogP contribution in [0.15, 0.2) is 87.1 Å². The van der Waals surface area contributed by atoms with Crippen molar-refractivity contribution in [3.63, 3.8) is 0 Å². The molecular formula is C26H21N3O7. The zero-order chi connectivity index (χ0) is 25.1. The Balaban J connectivity index is 1.42. The van der Waals surface area contributed by atoms with E-state index in [2.05, 4.69) is 15.8 Å². The number of aromatic nitrogens is 1. The summed E-state index contributed by atoms with van der Waals surface area (Å²) < 4.78 is 21.5. The van der Waals surface area contributed by atoms with Gasteiger partial charge in [0.05, 0.1) is 35.1 Å². The SMILES string of the molecule is CCOC(=O)C1=C(COC(=O)c2ccc3noc(-c4ccccc4)c3c2)NC(=O)NC1c1ccco1. The number of amides is 2. The number of urea groups is 1. The van der Waals surface area contributed by atoms with Crippen LogP contribution in [-0.4, -0.2) is 36.3 Å². The fourth-order valence-corrected chi connectivity index (χ4v) is 3.94. The summed E-state index contributed by atoms with van der Waals surface area (Å²) in [5.41, 5.74) is 1.84. The number of benzene rings is 2. The fraction of sp³-hybridized carbons (Fsp3) is 0.154. The van der Waals surface area contributed by atoms with Crippen molar-refractivity contribution in [1.29, 1.82) is 0 Å². The van der Waals surface area contributed by atoms with E-state index in [-0.39, 0.29) is 30.0 Å². The van der Waals surface area contributed by atoms with Crippen molar-refractivity contribution in [1.82, 2.24) is 15.8 Å². The third-order valence-electron chi connectivity index (χ3n) is 5.57. The molecule has 2 N–H and O–H groups in total. The smallest absolute Gasteiger partial charge is 0.338 e. The van der Waals surface area contributed by atoms with Crippen LogP contribution in [0, 0.1) is 0 Å². The number of carbonyl (C=O) groups excluding carboxylic acids is 3. The molecule has 2 amide bonds. The topological polar surface area (TPSA) is 133 Å². The quantitative estimate of drug-likeness (QED) is 0.372. The highest BCUT2D eigenvalue weighted by Gasteiger charge is 2.35. The van der Waals surface area contributed by atoms with E-state index in [0.717, 1.165) is 5.56 Å². The van der Waals surface area contributed by atoms with Gasteiger partial charge in [-0.15, -0.1) is 0 Å². The van der Waals surface area contributed by atoms with Gasteiger partial charge < -0.3 is 29.0 Å². The van der Waals surface area contributed by atoms with Gasteiger partial charge in [0.25, 0.3) is 0 Å². The minimum atomic E-state index is -0.900. The molecular weight excluding hydrogens is 466 g/mol. The normalized spacial score (nSPS) is 15.4. The van der Waals surface area contributed by atoms with Crippen LogP contribution in [0.4, 0.5) is 4.79 Å². The first-order valence-electron chi connectivity index (χ1n) is 11.2. The standard InChI is InChI=1S/C26H21N3O7/c1-2-33-25(31)21-19(27-26(32)28-22(21)20-9-6-12-34-20)14-35-24(30)16-10-11-18-17(13-16)23(36-29-18)15-7-4-3-5-8-15/h3-13,22H,2,14H2,1H3,(H2,27,28,32). The lowest BCUT2D eigenvalue weighted by Gasteiger charge is -2.27. The van der Waals surface area contributed by atoms with Crippen molar-refractivity contribution in [3.05, 3.63) is 89.5 Å². The minimum Gasteiger partial charge on any atom is -0.467 e. The molecule has 3 heterocycles. The maximum Gasteiger partial charge on any atom is 0.338 e. The van der Waals surface area contributed by atoms with Gasteiger partial charge in [0, 0.05) is 5.56 Å². The Kier molecular flexibility index (Phi) is 6.23. The molecule has 10 nitrogen and oxygen atoms in total. The van der Waals surface area contributed by atoms with E-state index in [1.54, 1.807) is 37.3 Å². The molecule has 0 spiro atoms. The maximum atomic E-state index is 12.9. The van der Waals surface area contributed by atoms with Crippen LogP contribution < -0.4 is 10.6 Å².